The standard InChI is InChI=1S/C14H19ClF3N3O/c1-3-4-7-19-13(22)8(2)21-11(9-5-6-9)10(15)12(20-21)14(16,17)18/h8-9H,3-7H2,1-2H3,(H,19,22). The third-order valence-corrected chi connectivity index (χ3v) is 4.07. The molecule has 1 N–H and O–H groups in total. The Labute approximate surface area is 132 Å². The van der Waals surface area contributed by atoms with Crippen molar-refractivity contribution in [3.63, 3.8) is 0 Å². The van der Waals surface area contributed by atoms with Crippen molar-refractivity contribution >= 4 is 17.5 Å². The molecule has 1 atom stereocenters. The largest absolute Gasteiger partial charge is 0.436 e. The number of aromatic nitrogens is 2. The molecule has 4 nitrogen and oxygen atoms in total. The highest BCUT2D eigenvalue weighted by molar-refractivity contribution is 6.32. The van der Waals surface area contributed by atoms with Crippen LogP contribution in [0.3, 0.4) is 0 Å². The Hall–Kier alpha value is -1.24. The van der Waals surface area contributed by atoms with Gasteiger partial charge in [0.05, 0.1) is 10.7 Å². The molecule has 1 heterocycles. The zero-order chi connectivity index (χ0) is 16.5. The Morgan fingerprint density at radius 3 is 2.64 bits per heavy atom. The molecule has 124 valence electrons. The number of halogens is 4. The first-order valence-electron chi connectivity index (χ1n) is 7.40. The summed E-state index contributed by atoms with van der Waals surface area (Å²) in [5.74, 6) is -0.384. The number of nitrogens with one attached hydrogen (secondary N) is 1. The minimum atomic E-state index is -4.62. The first-order valence-corrected chi connectivity index (χ1v) is 7.78. The van der Waals surface area contributed by atoms with Gasteiger partial charge in [0.25, 0.3) is 0 Å². The summed E-state index contributed by atoms with van der Waals surface area (Å²) in [6, 6.07) is -0.818. The van der Waals surface area contributed by atoms with Crippen molar-refractivity contribution in [2.75, 3.05) is 6.54 Å². The summed E-state index contributed by atoms with van der Waals surface area (Å²) in [5, 5.41) is 5.93. The summed E-state index contributed by atoms with van der Waals surface area (Å²) in [6.45, 7) is 4.03. The van der Waals surface area contributed by atoms with E-state index in [1.807, 2.05) is 6.92 Å². The summed E-state index contributed by atoms with van der Waals surface area (Å²) in [6.07, 6.45) is -1.33. The fourth-order valence-corrected chi connectivity index (χ4v) is 2.66. The monoisotopic (exact) mass is 337 g/mol. The number of unbranched alkanes of at least 4 members (excludes halogenated alkanes) is 1. The van der Waals surface area contributed by atoms with Crippen molar-refractivity contribution in [3.8, 4) is 0 Å². The van der Waals surface area contributed by atoms with Crippen molar-refractivity contribution in [2.45, 2.75) is 57.7 Å². The number of alkyl halides is 3. The lowest BCUT2D eigenvalue weighted by molar-refractivity contribution is -0.141. The summed E-state index contributed by atoms with van der Waals surface area (Å²) in [5.41, 5.74) is -0.781. The van der Waals surface area contributed by atoms with Crippen LogP contribution in [-0.2, 0) is 11.0 Å². The van der Waals surface area contributed by atoms with Gasteiger partial charge in [-0.3, -0.25) is 9.48 Å². The molecule has 0 aliphatic heterocycles. The highest BCUT2D eigenvalue weighted by Crippen LogP contribution is 2.47. The quantitative estimate of drug-likeness (QED) is 0.800. The lowest BCUT2D eigenvalue weighted by Gasteiger charge is -2.15. The molecule has 1 aliphatic rings. The summed E-state index contributed by atoms with van der Waals surface area (Å²) < 4.78 is 40.1. The van der Waals surface area contributed by atoms with Crippen molar-refractivity contribution in [1.29, 1.82) is 0 Å². The van der Waals surface area contributed by atoms with Crippen LogP contribution in [0.25, 0.3) is 0 Å². The lowest BCUT2D eigenvalue weighted by atomic mass is 10.2. The van der Waals surface area contributed by atoms with E-state index < -0.39 is 17.9 Å². The molecule has 0 saturated heterocycles. The van der Waals surface area contributed by atoms with E-state index in [2.05, 4.69) is 10.4 Å². The van der Waals surface area contributed by atoms with Gasteiger partial charge in [-0.1, -0.05) is 24.9 Å². The second-order valence-electron chi connectivity index (χ2n) is 5.58. The number of rotatable bonds is 6. The molecule has 1 aromatic heterocycles. The van der Waals surface area contributed by atoms with Gasteiger partial charge in [0, 0.05) is 12.5 Å². The minimum Gasteiger partial charge on any atom is -0.354 e. The molecule has 1 aliphatic carbocycles. The Morgan fingerprint density at radius 1 is 1.50 bits per heavy atom. The number of carbonyl (C=O) groups excluding carboxylic acids is 1. The first-order chi connectivity index (χ1) is 10.3. The third kappa shape index (κ3) is 3.56. The van der Waals surface area contributed by atoms with E-state index in [0.29, 0.717) is 12.2 Å². The van der Waals surface area contributed by atoms with Crippen LogP contribution < -0.4 is 5.32 Å². The number of carbonyl (C=O) groups is 1. The van der Waals surface area contributed by atoms with Crippen LogP contribution in [0, 0.1) is 0 Å². The highest BCUT2D eigenvalue weighted by atomic mass is 35.5. The topological polar surface area (TPSA) is 46.9 Å². The Kier molecular flexibility index (Phi) is 5.04. The van der Waals surface area contributed by atoms with E-state index in [0.717, 1.165) is 30.4 Å². The van der Waals surface area contributed by atoms with E-state index in [1.54, 1.807) is 0 Å². The van der Waals surface area contributed by atoms with Gasteiger partial charge in [-0.25, -0.2) is 0 Å². The third-order valence-electron chi connectivity index (χ3n) is 3.70. The van der Waals surface area contributed by atoms with Gasteiger partial charge in [0.15, 0.2) is 5.69 Å². The van der Waals surface area contributed by atoms with E-state index >= 15 is 0 Å². The van der Waals surface area contributed by atoms with E-state index in [9.17, 15) is 18.0 Å². The van der Waals surface area contributed by atoms with Gasteiger partial charge in [-0.2, -0.15) is 18.3 Å². The number of hydrogen-bond acceptors (Lipinski definition) is 2. The van der Waals surface area contributed by atoms with Gasteiger partial charge in [-0.05, 0) is 26.2 Å². The fraction of sp³-hybridized carbons (Fsp3) is 0.714. The van der Waals surface area contributed by atoms with Gasteiger partial charge < -0.3 is 5.32 Å². The van der Waals surface area contributed by atoms with Crippen molar-refractivity contribution < 1.29 is 18.0 Å². The predicted octanol–water partition coefficient (Wildman–Crippen LogP) is 3.91. The molecule has 2 rings (SSSR count). The van der Waals surface area contributed by atoms with Crippen LogP contribution in [-0.4, -0.2) is 22.2 Å². The second-order valence-corrected chi connectivity index (χ2v) is 5.96. The summed E-state index contributed by atoms with van der Waals surface area (Å²) in [4.78, 5) is 12.1. The lowest BCUT2D eigenvalue weighted by Crippen LogP contribution is -2.33. The second kappa shape index (κ2) is 6.48. The first kappa shape index (κ1) is 17.1. The number of amides is 1. The Morgan fingerprint density at radius 2 is 2.14 bits per heavy atom. The van der Waals surface area contributed by atoms with Crippen LogP contribution in [0.5, 0.6) is 0 Å². The molecule has 0 spiro atoms. The van der Waals surface area contributed by atoms with Crippen LogP contribution in [0.1, 0.15) is 62.9 Å². The van der Waals surface area contributed by atoms with E-state index in [4.69, 9.17) is 11.6 Å². The molecule has 1 unspecified atom stereocenters. The van der Waals surface area contributed by atoms with Crippen LogP contribution >= 0.6 is 11.6 Å². The van der Waals surface area contributed by atoms with E-state index in [-0.39, 0.29) is 16.8 Å². The van der Waals surface area contributed by atoms with E-state index in [1.165, 1.54) is 6.92 Å². The van der Waals surface area contributed by atoms with Crippen molar-refractivity contribution in [3.05, 3.63) is 16.4 Å². The average molecular weight is 338 g/mol. The maximum absolute atomic E-state index is 13.0. The van der Waals surface area contributed by atoms with Gasteiger partial charge in [0.1, 0.15) is 6.04 Å². The number of nitrogens with zero attached hydrogens (tertiary/aromatic N) is 2. The molecule has 0 bridgehead atoms. The molecule has 8 heteroatoms. The maximum atomic E-state index is 13.0. The van der Waals surface area contributed by atoms with Crippen molar-refractivity contribution in [1.82, 2.24) is 15.1 Å². The zero-order valence-electron chi connectivity index (χ0n) is 12.5. The molecular formula is C14H19ClF3N3O. The minimum absolute atomic E-state index is 0.0398. The molecule has 1 saturated carbocycles. The molecular weight excluding hydrogens is 319 g/mol. The molecule has 0 aromatic carbocycles. The molecule has 1 amide bonds. The maximum Gasteiger partial charge on any atom is 0.436 e. The van der Waals surface area contributed by atoms with Gasteiger partial charge >= 0.3 is 6.18 Å². The molecule has 0 radical (unpaired) electrons. The van der Waals surface area contributed by atoms with Crippen LogP contribution in [0.15, 0.2) is 0 Å². The molecule has 1 fully saturated rings. The Balaban J connectivity index is 2.27. The SMILES string of the molecule is CCCCNC(=O)C(C)n1nc(C(F)(F)F)c(Cl)c1C1CC1. The number of hydrogen-bond donors (Lipinski definition) is 1. The normalized spacial score (nSPS) is 16.6. The molecule has 22 heavy (non-hydrogen) atoms. The zero-order valence-corrected chi connectivity index (χ0v) is 13.3. The smallest absolute Gasteiger partial charge is 0.354 e. The van der Waals surface area contributed by atoms with Crippen LogP contribution in [0.4, 0.5) is 13.2 Å². The highest BCUT2D eigenvalue weighted by Gasteiger charge is 2.43. The van der Waals surface area contributed by atoms with Crippen LogP contribution in [0.2, 0.25) is 5.02 Å². The summed E-state index contributed by atoms with van der Waals surface area (Å²) in [7, 11) is 0. The Bertz CT molecular complexity index is 552. The van der Waals surface area contributed by atoms with Gasteiger partial charge in [-0.15, -0.1) is 0 Å². The predicted molar refractivity (Wildman–Crippen MR) is 76.8 cm³/mol. The summed E-state index contributed by atoms with van der Waals surface area (Å²) >= 11 is 5.89. The fourth-order valence-electron chi connectivity index (χ4n) is 2.27. The van der Waals surface area contributed by atoms with Gasteiger partial charge in [0.2, 0.25) is 5.91 Å². The molecule has 1 aromatic rings. The average Bonchev–Trinajstić information content (AvgIpc) is 3.20. The van der Waals surface area contributed by atoms with Crippen molar-refractivity contribution in [2.24, 2.45) is 0 Å².